The summed E-state index contributed by atoms with van der Waals surface area (Å²) in [7, 11) is 0. The minimum atomic E-state index is -0.330. The Bertz CT molecular complexity index is 788. The summed E-state index contributed by atoms with van der Waals surface area (Å²) in [4.78, 5) is 9.69. The molecule has 0 aliphatic carbocycles. The van der Waals surface area contributed by atoms with Crippen molar-refractivity contribution in [2.24, 2.45) is 0 Å². The maximum Gasteiger partial charge on any atom is 0.151 e. The first-order valence-corrected chi connectivity index (χ1v) is 7.39. The third kappa shape index (κ3) is 2.80. The summed E-state index contributed by atoms with van der Waals surface area (Å²) in [6, 6.07) is 6.42. The summed E-state index contributed by atoms with van der Waals surface area (Å²) in [6.45, 7) is 4.36. The molecular formula is C15H14FN3OS. The van der Waals surface area contributed by atoms with E-state index in [1.54, 1.807) is 17.4 Å². The minimum absolute atomic E-state index is 0.330. The minimum Gasteiger partial charge on any atom is -0.492 e. The zero-order chi connectivity index (χ0) is 14.8. The van der Waals surface area contributed by atoms with E-state index in [2.05, 4.69) is 15.3 Å². The number of nitrogens with one attached hydrogen (secondary N) is 1. The van der Waals surface area contributed by atoms with Gasteiger partial charge in [0.05, 0.1) is 22.5 Å². The molecular weight excluding hydrogens is 289 g/mol. The van der Waals surface area contributed by atoms with E-state index in [4.69, 9.17) is 4.74 Å². The van der Waals surface area contributed by atoms with Gasteiger partial charge in [-0.2, -0.15) is 0 Å². The fraction of sp³-hybridized carbons (Fsp3) is 0.200. The highest BCUT2D eigenvalue weighted by Crippen LogP contribution is 2.33. The van der Waals surface area contributed by atoms with Crippen LogP contribution in [0.3, 0.4) is 0 Å². The average molecular weight is 303 g/mol. The van der Waals surface area contributed by atoms with Gasteiger partial charge in [-0.05, 0) is 32.0 Å². The summed E-state index contributed by atoms with van der Waals surface area (Å²) in [5, 5.41) is 3.21. The predicted molar refractivity (Wildman–Crippen MR) is 83.0 cm³/mol. The molecule has 1 N–H and O–H groups in total. The maximum atomic E-state index is 13.3. The number of rotatable bonds is 4. The van der Waals surface area contributed by atoms with E-state index in [0.29, 0.717) is 23.9 Å². The van der Waals surface area contributed by atoms with Crippen LogP contribution >= 0.6 is 11.3 Å². The molecule has 0 aliphatic rings. The van der Waals surface area contributed by atoms with Crippen LogP contribution < -0.4 is 10.1 Å². The number of ether oxygens (including phenoxy) is 1. The molecule has 4 nitrogen and oxygen atoms in total. The average Bonchev–Trinajstić information content (AvgIpc) is 2.83. The van der Waals surface area contributed by atoms with Gasteiger partial charge in [-0.1, -0.05) is 0 Å². The molecule has 0 unspecified atom stereocenters. The molecule has 1 aromatic carbocycles. The highest BCUT2D eigenvalue weighted by Gasteiger charge is 2.11. The molecule has 0 saturated heterocycles. The van der Waals surface area contributed by atoms with Crippen LogP contribution in [-0.4, -0.2) is 16.6 Å². The van der Waals surface area contributed by atoms with Gasteiger partial charge in [0.15, 0.2) is 5.82 Å². The number of halogens is 1. The van der Waals surface area contributed by atoms with Crippen LogP contribution in [-0.2, 0) is 0 Å². The van der Waals surface area contributed by atoms with E-state index in [9.17, 15) is 4.39 Å². The van der Waals surface area contributed by atoms with Gasteiger partial charge in [0.25, 0.3) is 0 Å². The summed E-state index contributed by atoms with van der Waals surface area (Å²) >= 11 is 1.62. The van der Waals surface area contributed by atoms with Gasteiger partial charge in [-0.3, -0.25) is 0 Å². The van der Waals surface area contributed by atoms with Gasteiger partial charge >= 0.3 is 0 Å². The zero-order valence-corrected chi connectivity index (χ0v) is 12.5. The molecule has 0 aliphatic heterocycles. The Morgan fingerprint density at radius 3 is 2.95 bits per heavy atom. The Kier molecular flexibility index (Phi) is 3.70. The number of thiophene rings is 1. The van der Waals surface area contributed by atoms with Crippen LogP contribution in [0.25, 0.3) is 10.2 Å². The summed E-state index contributed by atoms with van der Waals surface area (Å²) in [5.74, 6) is 0.840. The normalized spacial score (nSPS) is 10.8. The third-order valence-electron chi connectivity index (χ3n) is 2.93. The highest BCUT2D eigenvalue weighted by atomic mass is 32.1. The van der Waals surface area contributed by atoms with Gasteiger partial charge in [0, 0.05) is 10.9 Å². The Hall–Kier alpha value is -2.21. The Morgan fingerprint density at radius 2 is 2.14 bits per heavy atom. The van der Waals surface area contributed by atoms with Crippen molar-refractivity contribution in [2.75, 3.05) is 11.9 Å². The van der Waals surface area contributed by atoms with E-state index in [0.717, 1.165) is 15.1 Å². The van der Waals surface area contributed by atoms with E-state index >= 15 is 0 Å². The lowest BCUT2D eigenvalue weighted by molar-refractivity contribution is 0.340. The second-order valence-corrected chi connectivity index (χ2v) is 5.75. The van der Waals surface area contributed by atoms with E-state index in [1.807, 2.05) is 19.9 Å². The SMILES string of the molecule is CCOc1cc(F)ccc1Nc1ncnc2cc(C)sc12. The molecule has 0 amide bonds. The summed E-state index contributed by atoms with van der Waals surface area (Å²) < 4.78 is 19.8. The molecule has 2 aromatic heterocycles. The number of nitrogens with zero attached hydrogens (tertiary/aromatic N) is 2. The van der Waals surface area contributed by atoms with Crippen molar-refractivity contribution in [3.8, 4) is 5.75 Å². The van der Waals surface area contributed by atoms with Gasteiger partial charge in [-0.15, -0.1) is 11.3 Å². The summed E-state index contributed by atoms with van der Waals surface area (Å²) in [6.07, 6.45) is 1.51. The quantitative estimate of drug-likeness (QED) is 0.781. The second-order valence-electron chi connectivity index (χ2n) is 4.49. The van der Waals surface area contributed by atoms with Gasteiger partial charge in [-0.25, -0.2) is 14.4 Å². The molecule has 0 spiro atoms. The number of aromatic nitrogens is 2. The molecule has 21 heavy (non-hydrogen) atoms. The van der Waals surface area contributed by atoms with Crippen LogP contribution in [0.2, 0.25) is 0 Å². The van der Waals surface area contributed by atoms with E-state index in [-0.39, 0.29) is 5.82 Å². The lowest BCUT2D eigenvalue weighted by Gasteiger charge is -2.12. The van der Waals surface area contributed by atoms with Crippen LogP contribution in [0.1, 0.15) is 11.8 Å². The molecule has 0 bridgehead atoms. The number of hydrogen-bond donors (Lipinski definition) is 1. The second kappa shape index (κ2) is 5.65. The van der Waals surface area contributed by atoms with Crippen LogP contribution in [0.15, 0.2) is 30.6 Å². The van der Waals surface area contributed by atoms with Crippen molar-refractivity contribution in [3.05, 3.63) is 41.3 Å². The van der Waals surface area contributed by atoms with Gasteiger partial charge in [0.1, 0.15) is 17.9 Å². The number of anilines is 2. The topological polar surface area (TPSA) is 47.0 Å². The largest absolute Gasteiger partial charge is 0.492 e. The van der Waals surface area contributed by atoms with Crippen molar-refractivity contribution < 1.29 is 9.13 Å². The molecule has 0 atom stereocenters. The Balaban J connectivity index is 2.02. The molecule has 3 aromatic rings. The van der Waals surface area contributed by atoms with Gasteiger partial charge in [0.2, 0.25) is 0 Å². The Morgan fingerprint density at radius 1 is 1.29 bits per heavy atom. The smallest absolute Gasteiger partial charge is 0.151 e. The van der Waals surface area contributed by atoms with Crippen molar-refractivity contribution >= 4 is 33.1 Å². The third-order valence-corrected chi connectivity index (χ3v) is 3.98. The van der Waals surface area contributed by atoms with Crippen molar-refractivity contribution in [1.82, 2.24) is 9.97 Å². The highest BCUT2D eigenvalue weighted by molar-refractivity contribution is 7.19. The first kappa shape index (κ1) is 13.8. The van der Waals surface area contributed by atoms with Crippen molar-refractivity contribution in [2.45, 2.75) is 13.8 Å². The maximum absolute atomic E-state index is 13.3. The molecule has 2 heterocycles. The number of aryl methyl sites for hydroxylation is 1. The first-order chi connectivity index (χ1) is 10.2. The zero-order valence-electron chi connectivity index (χ0n) is 11.7. The lowest BCUT2D eigenvalue weighted by Crippen LogP contribution is -2.00. The van der Waals surface area contributed by atoms with Crippen molar-refractivity contribution in [1.29, 1.82) is 0 Å². The Labute approximate surface area is 125 Å². The fourth-order valence-electron chi connectivity index (χ4n) is 2.06. The van der Waals surface area contributed by atoms with E-state index in [1.165, 1.54) is 18.5 Å². The molecule has 0 saturated carbocycles. The molecule has 0 radical (unpaired) electrons. The molecule has 0 fully saturated rings. The van der Waals surface area contributed by atoms with Crippen molar-refractivity contribution in [3.63, 3.8) is 0 Å². The van der Waals surface area contributed by atoms with Crippen LogP contribution in [0.4, 0.5) is 15.9 Å². The standard InChI is InChI=1S/C15H14FN3OS/c1-3-20-13-7-10(16)4-5-11(13)19-15-14-12(17-8-18-15)6-9(2)21-14/h4-8H,3H2,1-2H3,(H,17,18,19). The van der Waals surface area contributed by atoms with Gasteiger partial charge < -0.3 is 10.1 Å². The predicted octanol–water partition coefficient (Wildman–Crippen LogP) is 4.28. The number of benzene rings is 1. The fourth-order valence-corrected chi connectivity index (χ4v) is 2.97. The number of hydrogen-bond acceptors (Lipinski definition) is 5. The first-order valence-electron chi connectivity index (χ1n) is 6.58. The van der Waals surface area contributed by atoms with Crippen LogP contribution in [0, 0.1) is 12.7 Å². The number of fused-ring (bicyclic) bond motifs is 1. The molecule has 3 rings (SSSR count). The summed E-state index contributed by atoms with van der Waals surface area (Å²) in [5.41, 5.74) is 1.58. The molecule has 108 valence electrons. The van der Waals surface area contributed by atoms with Crippen LogP contribution in [0.5, 0.6) is 5.75 Å². The lowest BCUT2D eigenvalue weighted by atomic mass is 10.2. The monoisotopic (exact) mass is 303 g/mol. The molecule has 6 heteroatoms. The van der Waals surface area contributed by atoms with E-state index < -0.39 is 0 Å².